The minimum absolute atomic E-state index is 0. The van der Waals surface area contributed by atoms with E-state index in [0.29, 0.717) is 16.5 Å². The van der Waals surface area contributed by atoms with Crippen molar-refractivity contribution in [1.82, 2.24) is 5.32 Å². The maximum Gasteiger partial charge on any atom is 0.181 e. The Hall–Kier alpha value is -1.08. The molecule has 3 nitrogen and oxygen atoms in total. The average Bonchev–Trinajstić information content (AvgIpc) is 2.42. The third kappa shape index (κ3) is 5.92. The van der Waals surface area contributed by atoms with Gasteiger partial charge in [0.2, 0.25) is 0 Å². The van der Waals surface area contributed by atoms with Crippen LogP contribution in [0.4, 0.5) is 0 Å². The molecule has 0 aliphatic heterocycles. The Labute approximate surface area is 132 Å². The SMILES string of the molecule is C#CCOc1c(Cl)cc(CNCCCC)cc1OC.Cl. The fourth-order valence-corrected chi connectivity index (χ4v) is 1.95. The average molecular weight is 318 g/mol. The second-order valence-corrected chi connectivity index (χ2v) is 4.54. The third-order valence-electron chi connectivity index (χ3n) is 2.63. The van der Waals surface area contributed by atoms with E-state index in [4.69, 9.17) is 27.5 Å². The first-order valence-corrected chi connectivity index (χ1v) is 6.74. The maximum atomic E-state index is 6.19. The monoisotopic (exact) mass is 317 g/mol. The number of unbranched alkanes of at least 4 members (excludes halogenated alkanes) is 1. The zero-order valence-electron chi connectivity index (χ0n) is 11.9. The van der Waals surface area contributed by atoms with Crippen molar-refractivity contribution in [3.05, 3.63) is 22.7 Å². The summed E-state index contributed by atoms with van der Waals surface area (Å²) in [6, 6.07) is 3.78. The molecule has 0 fully saturated rings. The second kappa shape index (κ2) is 10.7. The van der Waals surface area contributed by atoms with Crippen LogP contribution >= 0.6 is 24.0 Å². The van der Waals surface area contributed by atoms with Crippen LogP contribution in [0.15, 0.2) is 12.1 Å². The molecular formula is C15H21Cl2NO2. The highest BCUT2D eigenvalue weighted by Crippen LogP contribution is 2.36. The number of nitrogens with one attached hydrogen (secondary N) is 1. The standard InChI is InChI=1S/C15H20ClNO2.ClH/c1-4-6-7-17-11-12-9-13(16)15(19-8-5-2)14(10-12)18-3;/h2,9-10,17H,4,6-8,11H2,1,3H3;1H. The molecule has 20 heavy (non-hydrogen) atoms. The van der Waals surface area contributed by atoms with E-state index in [0.717, 1.165) is 25.1 Å². The predicted molar refractivity (Wildman–Crippen MR) is 86.2 cm³/mol. The lowest BCUT2D eigenvalue weighted by Gasteiger charge is -2.13. The summed E-state index contributed by atoms with van der Waals surface area (Å²) in [5, 5.41) is 3.87. The molecule has 0 atom stereocenters. The predicted octanol–water partition coefficient (Wildman–Crippen LogP) is 3.67. The van der Waals surface area contributed by atoms with E-state index in [1.165, 1.54) is 6.42 Å². The highest BCUT2D eigenvalue weighted by Gasteiger charge is 2.11. The van der Waals surface area contributed by atoms with Crippen molar-refractivity contribution < 1.29 is 9.47 Å². The van der Waals surface area contributed by atoms with E-state index in [1.807, 2.05) is 12.1 Å². The topological polar surface area (TPSA) is 30.5 Å². The van der Waals surface area contributed by atoms with Crippen molar-refractivity contribution in [2.75, 3.05) is 20.3 Å². The van der Waals surface area contributed by atoms with Crippen LogP contribution in [0.25, 0.3) is 0 Å². The third-order valence-corrected chi connectivity index (χ3v) is 2.91. The first-order valence-electron chi connectivity index (χ1n) is 6.36. The smallest absolute Gasteiger partial charge is 0.181 e. The molecule has 1 aromatic rings. The molecule has 0 saturated heterocycles. The van der Waals surface area contributed by atoms with Crippen molar-refractivity contribution in [3.63, 3.8) is 0 Å². The van der Waals surface area contributed by atoms with Gasteiger partial charge < -0.3 is 14.8 Å². The molecule has 0 aliphatic rings. The number of rotatable bonds is 8. The molecule has 1 rings (SSSR count). The lowest BCUT2D eigenvalue weighted by molar-refractivity contribution is 0.331. The van der Waals surface area contributed by atoms with E-state index in [1.54, 1.807) is 7.11 Å². The van der Waals surface area contributed by atoms with Crippen LogP contribution in [0.1, 0.15) is 25.3 Å². The molecule has 0 bridgehead atoms. The lowest BCUT2D eigenvalue weighted by Crippen LogP contribution is -2.14. The Morgan fingerprint density at radius 1 is 1.40 bits per heavy atom. The van der Waals surface area contributed by atoms with Gasteiger partial charge in [0.25, 0.3) is 0 Å². The molecule has 1 N–H and O–H groups in total. The van der Waals surface area contributed by atoms with E-state index in [-0.39, 0.29) is 19.0 Å². The highest BCUT2D eigenvalue weighted by atomic mass is 35.5. The minimum Gasteiger partial charge on any atom is -0.493 e. The molecule has 112 valence electrons. The van der Waals surface area contributed by atoms with Crippen LogP contribution in [0.5, 0.6) is 11.5 Å². The molecule has 0 amide bonds. The van der Waals surface area contributed by atoms with Crippen molar-refractivity contribution >= 4 is 24.0 Å². The molecule has 1 aromatic carbocycles. The van der Waals surface area contributed by atoms with Gasteiger partial charge in [0.1, 0.15) is 6.61 Å². The van der Waals surface area contributed by atoms with Gasteiger partial charge in [0, 0.05) is 6.54 Å². The Kier molecular flexibility index (Phi) is 10.1. The lowest BCUT2D eigenvalue weighted by atomic mass is 10.2. The number of halogens is 2. The van der Waals surface area contributed by atoms with Crippen molar-refractivity contribution in [3.8, 4) is 23.8 Å². The molecule has 0 radical (unpaired) electrons. The van der Waals surface area contributed by atoms with E-state index >= 15 is 0 Å². The number of hydrogen-bond acceptors (Lipinski definition) is 3. The molecule has 0 spiro atoms. The minimum atomic E-state index is 0. The van der Waals surface area contributed by atoms with Gasteiger partial charge in [0.05, 0.1) is 12.1 Å². The van der Waals surface area contributed by atoms with Gasteiger partial charge in [-0.3, -0.25) is 0 Å². The number of ether oxygens (including phenoxy) is 2. The summed E-state index contributed by atoms with van der Waals surface area (Å²) in [7, 11) is 1.59. The first-order chi connectivity index (χ1) is 9.22. The van der Waals surface area contributed by atoms with Gasteiger partial charge in [-0.05, 0) is 30.7 Å². The summed E-state index contributed by atoms with van der Waals surface area (Å²) < 4.78 is 10.7. The number of hydrogen-bond donors (Lipinski definition) is 1. The first kappa shape index (κ1) is 18.9. The summed E-state index contributed by atoms with van der Waals surface area (Å²) in [6.07, 6.45) is 7.51. The largest absolute Gasteiger partial charge is 0.493 e. The normalized spacial score (nSPS) is 9.50. The number of terminal acetylenes is 1. The quantitative estimate of drug-likeness (QED) is 0.586. The molecule has 0 saturated carbocycles. The van der Waals surface area contributed by atoms with Gasteiger partial charge in [-0.15, -0.1) is 18.8 Å². The van der Waals surface area contributed by atoms with Gasteiger partial charge >= 0.3 is 0 Å². The van der Waals surface area contributed by atoms with Gasteiger partial charge in [-0.25, -0.2) is 0 Å². The Morgan fingerprint density at radius 3 is 2.75 bits per heavy atom. The Balaban J connectivity index is 0.00000361. The maximum absolute atomic E-state index is 6.19. The van der Waals surface area contributed by atoms with Crippen LogP contribution in [-0.4, -0.2) is 20.3 Å². The van der Waals surface area contributed by atoms with Crippen molar-refractivity contribution in [2.24, 2.45) is 0 Å². The van der Waals surface area contributed by atoms with Crippen LogP contribution in [0.3, 0.4) is 0 Å². The summed E-state index contributed by atoms with van der Waals surface area (Å²) in [4.78, 5) is 0. The molecule has 5 heteroatoms. The van der Waals surface area contributed by atoms with Crippen LogP contribution in [0.2, 0.25) is 5.02 Å². The van der Waals surface area contributed by atoms with Gasteiger partial charge in [-0.2, -0.15) is 0 Å². The van der Waals surface area contributed by atoms with Crippen LogP contribution < -0.4 is 14.8 Å². The second-order valence-electron chi connectivity index (χ2n) is 4.13. The van der Waals surface area contributed by atoms with E-state index in [9.17, 15) is 0 Å². The fourth-order valence-electron chi connectivity index (χ4n) is 1.66. The van der Waals surface area contributed by atoms with Crippen LogP contribution in [0, 0.1) is 12.3 Å². The molecule has 0 heterocycles. The molecular weight excluding hydrogens is 297 g/mol. The van der Waals surface area contributed by atoms with Crippen LogP contribution in [-0.2, 0) is 6.54 Å². The fraction of sp³-hybridized carbons (Fsp3) is 0.467. The molecule has 0 aliphatic carbocycles. The number of methoxy groups -OCH3 is 1. The van der Waals surface area contributed by atoms with Crippen molar-refractivity contribution in [1.29, 1.82) is 0 Å². The summed E-state index contributed by atoms with van der Waals surface area (Å²) in [5.41, 5.74) is 1.06. The Bertz CT molecular complexity index is 444. The zero-order chi connectivity index (χ0) is 14.1. The van der Waals surface area contributed by atoms with E-state index < -0.39 is 0 Å². The van der Waals surface area contributed by atoms with Crippen molar-refractivity contribution in [2.45, 2.75) is 26.3 Å². The molecule has 0 unspecified atom stereocenters. The zero-order valence-corrected chi connectivity index (χ0v) is 13.4. The highest BCUT2D eigenvalue weighted by molar-refractivity contribution is 6.32. The summed E-state index contributed by atoms with van der Waals surface area (Å²) in [6.45, 7) is 4.08. The van der Waals surface area contributed by atoms with Gasteiger partial charge in [-0.1, -0.05) is 30.9 Å². The molecule has 0 aromatic heterocycles. The summed E-state index contributed by atoms with van der Waals surface area (Å²) in [5.74, 6) is 3.51. The summed E-state index contributed by atoms with van der Waals surface area (Å²) >= 11 is 6.19. The Morgan fingerprint density at radius 2 is 2.15 bits per heavy atom. The van der Waals surface area contributed by atoms with E-state index in [2.05, 4.69) is 18.2 Å². The number of benzene rings is 1. The van der Waals surface area contributed by atoms with Gasteiger partial charge in [0.15, 0.2) is 11.5 Å².